The van der Waals surface area contributed by atoms with Crippen LogP contribution in [0, 0.1) is 12.8 Å². The minimum absolute atomic E-state index is 0. The lowest BCUT2D eigenvalue weighted by molar-refractivity contribution is 0.737. The van der Waals surface area contributed by atoms with Crippen molar-refractivity contribution >= 4 is 8.41 Å². The van der Waals surface area contributed by atoms with E-state index in [0.29, 0.717) is 5.92 Å². The van der Waals surface area contributed by atoms with Gasteiger partial charge in [-0.15, -0.1) is 0 Å². The predicted molar refractivity (Wildman–Crippen MR) is 106 cm³/mol. The molecule has 0 atom stereocenters. The van der Waals surface area contributed by atoms with Crippen molar-refractivity contribution in [3.8, 4) is 0 Å². The van der Waals surface area contributed by atoms with Gasteiger partial charge >= 0.3 is 0 Å². The second-order valence-electron chi connectivity index (χ2n) is 4.80. The lowest BCUT2D eigenvalue weighted by atomic mass is 10.0. The minimum Gasteiger partial charge on any atom is -0.0683 e. The molecular formula is C20H42B. The van der Waals surface area contributed by atoms with E-state index >= 15 is 0 Å². The zero-order valence-corrected chi connectivity index (χ0v) is 17.0. The van der Waals surface area contributed by atoms with Gasteiger partial charge in [-0.2, -0.15) is 0 Å². The molecule has 0 aromatic heterocycles. The first-order valence-electron chi connectivity index (χ1n) is 8.50. The van der Waals surface area contributed by atoms with Crippen LogP contribution in [0.3, 0.4) is 0 Å². The third-order valence-electron chi connectivity index (χ3n) is 1.71. The minimum atomic E-state index is 0. The molecule has 1 aromatic carbocycles. The Hall–Kier alpha value is -0.715. The Morgan fingerprint density at radius 2 is 1.05 bits per heavy atom. The first-order chi connectivity index (χ1) is 9.43. The van der Waals surface area contributed by atoms with E-state index in [-0.39, 0.29) is 8.41 Å². The highest BCUT2D eigenvalue weighted by Gasteiger charge is 1.96. The summed E-state index contributed by atoms with van der Waals surface area (Å²) in [5.74, 6) is 1.49. The van der Waals surface area contributed by atoms with Crippen LogP contribution >= 0.6 is 0 Å². The van der Waals surface area contributed by atoms with Gasteiger partial charge in [-0.25, -0.2) is 0 Å². The predicted octanol–water partition coefficient (Wildman–Crippen LogP) is 7.48. The summed E-state index contributed by atoms with van der Waals surface area (Å²) >= 11 is 0. The van der Waals surface area contributed by atoms with Crippen LogP contribution < -0.4 is 0 Å². The number of rotatable bonds is 1. The molecule has 0 unspecified atom stereocenters. The monoisotopic (exact) mass is 293 g/mol. The van der Waals surface area contributed by atoms with E-state index in [9.17, 15) is 0 Å². The van der Waals surface area contributed by atoms with E-state index in [1.165, 1.54) is 11.1 Å². The average Bonchev–Trinajstić information content (AvgIpc) is 2.45. The van der Waals surface area contributed by atoms with Crippen molar-refractivity contribution in [3.63, 3.8) is 0 Å². The summed E-state index contributed by atoms with van der Waals surface area (Å²) in [6.07, 6.45) is 0. The van der Waals surface area contributed by atoms with E-state index in [0.717, 1.165) is 5.92 Å². The number of hydrogen-bond donors (Lipinski definition) is 0. The zero-order chi connectivity index (χ0) is 17.1. The van der Waals surface area contributed by atoms with E-state index in [4.69, 9.17) is 0 Å². The normalized spacial score (nSPS) is 7.52. The Labute approximate surface area is 139 Å². The summed E-state index contributed by atoms with van der Waals surface area (Å²) in [7, 11) is 0. The van der Waals surface area contributed by atoms with Gasteiger partial charge in [-0.3, -0.25) is 0 Å². The molecule has 0 aliphatic rings. The van der Waals surface area contributed by atoms with E-state index in [1.54, 1.807) is 0 Å². The van der Waals surface area contributed by atoms with Gasteiger partial charge in [0.15, 0.2) is 0 Å². The van der Waals surface area contributed by atoms with Gasteiger partial charge < -0.3 is 0 Å². The summed E-state index contributed by atoms with van der Waals surface area (Å²) in [4.78, 5) is 0. The van der Waals surface area contributed by atoms with Crippen LogP contribution in [-0.4, -0.2) is 8.41 Å². The molecule has 3 radical (unpaired) electrons. The molecule has 1 rings (SSSR count). The van der Waals surface area contributed by atoms with Gasteiger partial charge in [0.25, 0.3) is 0 Å². The van der Waals surface area contributed by atoms with Gasteiger partial charge in [0.2, 0.25) is 0 Å². The molecule has 125 valence electrons. The maximum Gasteiger partial charge on any atom is 0 e. The Balaban J connectivity index is -0.0000000663. The van der Waals surface area contributed by atoms with Gasteiger partial charge in [0.1, 0.15) is 0 Å². The van der Waals surface area contributed by atoms with Crippen LogP contribution in [0.1, 0.15) is 93.2 Å². The smallest absolute Gasteiger partial charge is 0 e. The summed E-state index contributed by atoms with van der Waals surface area (Å²) in [5, 5.41) is 0. The Kier molecular flexibility index (Phi) is 42.4. The van der Waals surface area contributed by atoms with Crippen molar-refractivity contribution in [2.75, 3.05) is 0 Å². The molecule has 0 N–H and O–H groups in total. The maximum absolute atomic E-state index is 2.24. The van der Waals surface area contributed by atoms with Crippen molar-refractivity contribution < 1.29 is 0 Å². The van der Waals surface area contributed by atoms with Gasteiger partial charge in [0.05, 0.1) is 0 Å². The lowest BCUT2D eigenvalue weighted by Gasteiger charge is -2.04. The van der Waals surface area contributed by atoms with Crippen LogP contribution in [-0.2, 0) is 0 Å². The molecule has 0 aliphatic heterocycles. The Bertz CT molecular complexity index is 249. The fourth-order valence-corrected chi connectivity index (χ4v) is 1.03. The van der Waals surface area contributed by atoms with Crippen molar-refractivity contribution in [1.82, 2.24) is 0 Å². The summed E-state index contributed by atoms with van der Waals surface area (Å²) in [6.45, 7) is 25.1. The van der Waals surface area contributed by atoms with Gasteiger partial charge in [0, 0.05) is 8.41 Å². The molecule has 0 amide bonds. The number of benzene rings is 1. The highest BCUT2D eigenvalue weighted by atomic mass is 14.0. The van der Waals surface area contributed by atoms with Crippen LogP contribution in [0.2, 0.25) is 0 Å². The molecule has 0 saturated carbocycles. The lowest BCUT2D eigenvalue weighted by Crippen LogP contribution is -1.86. The van der Waals surface area contributed by atoms with Crippen LogP contribution in [0.15, 0.2) is 24.3 Å². The fraction of sp³-hybridized carbons (Fsp3) is 0.700. The van der Waals surface area contributed by atoms with Crippen LogP contribution in [0.4, 0.5) is 0 Å². The van der Waals surface area contributed by atoms with Crippen molar-refractivity contribution in [2.45, 2.75) is 89.0 Å². The molecule has 0 spiro atoms. The summed E-state index contributed by atoms with van der Waals surface area (Å²) < 4.78 is 0. The van der Waals surface area contributed by atoms with Crippen molar-refractivity contribution in [3.05, 3.63) is 35.4 Å². The standard InChI is InChI=1S/C10H14.C4H10.3C2H6.B/c1-8(2)10-6-4-5-9(3)7-10;1-4(2)3;3*1-2;/h4-8H,1-3H3;4H,1-3H3;3*1-2H3;. The number of hydrogen-bond acceptors (Lipinski definition) is 0. The molecule has 0 bridgehead atoms. The highest BCUT2D eigenvalue weighted by molar-refractivity contribution is 5.75. The second-order valence-corrected chi connectivity index (χ2v) is 4.80. The topological polar surface area (TPSA) is 0 Å². The van der Waals surface area contributed by atoms with E-state index in [1.807, 2.05) is 41.5 Å². The molecule has 0 heterocycles. The molecule has 1 aromatic rings. The summed E-state index contributed by atoms with van der Waals surface area (Å²) in [5.41, 5.74) is 2.78. The first-order valence-corrected chi connectivity index (χ1v) is 8.50. The molecule has 0 nitrogen and oxygen atoms in total. The van der Waals surface area contributed by atoms with E-state index < -0.39 is 0 Å². The SMILES string of the molecule is CC.CC.CC.CC(C)C.Cc1cccc(C(C)C)c1.[B]. The van der Waals surface area contributed by atoms with Crippen molar-refractivity contribution in [1.29, 1.82) is 0 Å². The highest BCUT2D eigenvalue weighted by Crippen LogP contribution is 2.14. The largest absolute Gasteiger partial charge is 0.0683 e. The van der Waals surface area contributed by atoms with Gasteiger partial charge in [-0.05, 0) is 24.3 Å². The molecular weight excluding hydrogens is 251 g/mol. The van der Waals surface area contributed by atoms with Crippen molar-refractivity contribution in [2.24, 2.45) is 5.92 Å². The molecule has 21 heavy (non-hydrogen) atoms. The molecule has 0 fully saturated rings. The quantitative estimate of drug-likeness (QED) is 0.471. The van der Waals surface area contributed by atoms with Gasteiger partial charge in [-0.1, -0.05) is 106 Å². The number of aryl methyl sites for hydroxylation is 1. The van der Waals surface area contributed by atoms with E-state index in [2.05, 4.69) is 65.8 Å². The second kappa shape index (κ2) is 27.6. The Morgan fingerprint density at radius 3 is 1.24 bits per heavy atom. The average molecular weight is 293 g/mol. The molecule has 0 aliphatic carbocycles. The summed E-state index contributed by atoms with van der Waals surface area (Å²) in [6, 6.07) is 8.67. The molecule has 0 saturated heterocycles. The third kappa shape index (κ3) is 32.6. The Morgan fingerprint density at radius 1 is 0.714 bits per heavy atom. The zero-order valence-electron chi connectivity index (χ0n) is 17.0. The maximum atomic E-state index is 2.24. The molecule has 1 heteroatoms. The van der Waals surface area contributed by atoms with Crippen LogP contribution in [0.25, 0.3) is 0 Å². The van der Waals surface area contributed by atoms with Crippen LogP contribution in [0.5, 0.6) is 0 Å². The fourth-order valence-electron chi connectivity index (χ4n) is 1.03. The third-order valence-corrected chi connectivity index (χ3v) is 1.71. The first kappa shape index (κ1) is 32.3.